The minimum atomic E-state index is -0.887. The Hall–Kier alpha value is -2.88. The van der Waals surface area contributed by atoms with E-state index in [1.54, 1.807) is 32.0 Å². The van der Waals surface area contributed by atoms with Gasteiger partial charge in [-0.25, -0.2) is 4.79 Å². The minimum Gasteiger partial charge on any atom is -0.497 e. The van der Waals surface area contributed by atoms with Crippen LogP contribution in [0.3, 0.4) is 0 Å². The van der Waals surface area contributed by atoms with Crippen LogP contribution in [0.4, 0.5) is 10.5 Å². The zero-order valence-electron chi connectivity index (χ0n) is 16.0. The van der Waals surface area contributed by atoms with E-state index in [4.69, 9.17) is 14.2 Å². The van der Waals surface area contributed by atoms with Crippen LogP contribution in [0, 0.1) is 5.92 Å². The van der Waals surface area contributed by atoms with E-state index in [2.05, 4.69) is 15.3 Å². The third-order valence-electron chi connectivity index (χ3n) is 3.70. The molecule has 3 amide bonds. The Bertz CT molecular complexity index is 837. The molecule has 0 radical (unpaired) electrons. The topological polar surface area (TPSA) is 116 Å². The largest absolute Gasteiger partial charge is 0.497 e. The molecule has 0 aliphatic carbocycles. The molecular weight excluding hydrogens is 386 g/mol. The van der Waals surface area contributed by atoms with Gasteiger partial charge in [0.1, 0.15) is 17.4 Å². The maximum absolute atomic E-state index is 12.4. The van der Waals surface area contributed by atoms with Gasteiger partial charge in [-0.1, -0.05) is 11.8 Å². The molecule has 1 aliphatic heterocycles. The van der Waals surface area contributed by atoms with Crippen molar-refractivity contribution < 1.29 is 28.6 Å². The second kappa shape index (κ2) is 9.88. The van der Waals surface area contributed by atoms with Crippen molar-refractivity contribution in [3.05, 3.63) is 18.2 Å². The van der Waals surface area contributed by atoms with Crippen molar-refractivity contribution >= 4 is 46.1 Å². The number of nitrogens with zero attached hydrogens (tertiary/aromatic N) is 2. The van der Waals surface area contributed by atoms with Gasteiger partial charge in [0.15, 0.2) is 0 Å². The molecule has 28 heavy (non-hydrogen) atoms. The number of benzene rings is 1. The van der Waals surface area contributed by atoms with Gasteiger partial charge in [0, 0.05) is 11.8 Å². The molecule has 2 rings (SSSR count). The maximum atomic E-state index is 12.4. The summed E-state index contributed by atoms with van der Waals surface area (Å²) in [5.74, 6) is -0.860. The van der Waals surface area contributed by atoms with E-state index < -0.39 is 17.9 Å². The van der Waals surface area contributed by atoms with Crippen molar-refractivity contribution in [2.45, 2.75) is 13.8 Å². The number of ether oxygens (including phenoxy) is 3. The van der Waals surface area contributed by atoms with Crippen LogP contribution >= 0.6 is 11.8 Å². The fraction of sp³-hybridized carbons (Fsp3) is 0.389. The van der Waals surface area contributed by atoms with Crippen molar-refractivity contribution in [2.75, 3.05) is 31.9 Å². The second-order valence-electron chi connectivity index (χ2n) is 5.57. The summed E-state index contributed by atoms with van der Waals surface area (Å²) in [6, 6.07) is 4.29. The molecule has 1 heterocycles. The number of esters is 1. The highest BCUT2D eigenvalue weighted by molar-refractivity contribution is 8.14. The Morgan fingerprint density at radius 3 is 2.61 bits per heavy atom. The highest BCUT2D eigenvalue weighted by Gasteiger charge is 2.33. The SMILES string of the molecule is CCOC(=O)C1C(C)=NC(=O)N=C1SCC(=O)Nc1cc(OC)ccc1OC. The quantitative estimate of drug-likeness (QED) is 0.691. The third-order valence-corrected chi connectivity index (χ3v) is 4.73. The van der Waals surface area contributed by atoms with Gasteiger partial charge in [0.25, 0.3) is 0 Å². The summed E-state index contributed by atoms with van der Waals surface area (Å²) in [6.07, 6.45) is 0. The lowest BCUT2D eigenvalue weighted by Gasteiger charge is -2.19. The summed E-state index contributed by atoms with van der Waals surface area (Å²) < 4.78 is 15.4. The molecule has 10 heteroatoms. The number of methoxy groups -OCH3 is 2. The average molecular weight is 407 g/mol. The molecule has 0 spiro atoms. The molecule has 1 aromatic rings. The van der Waals surface area contributed by atoms with E-state index in [0.717, 1.165) is 11.8 Å². The van der Waals surface area contributed by atoms with Gasteiger partial charge in [-0.15, -0.1) is 0 Å². The zero-order valence-corrected chi connectivity index (χ0v) is 16.8. The summed E-state index contributed by atoms with van der Waals surface area (Å²) in [5, 5.41) is 2.90. The number of amides is 3. The highest BCUT2D eigenvalue weighted by Crippen LogP contribution is 2.29. The van der Waals surface area contributed by atoms with Crippen LogP contribution in [-0.4, -0.2) is 55.2 Å². The molecule has 9 nitrogen and oxygen atoms in total. The average Bonchev–Trinajstić information content (AvgIpc) is 2.65. The highest BCUT2D eigenvalue weighted by atomic mass is 32.2. The molecule has 1 N–H and O–H groups in total. The molecular formula is C18H21N3O6S. The van der Waals surface area contributed by atoms with Crippen molar-refractivity contribution in [3.63, 3.8) is 0 Å². The second-order valence-corrected chi connectivity index (χ2v) is 6.57. The first-order valence-corrected chi connectivity index (χ1v) is 9.37. The van der Waals surface area contributed by atoms with Crippen molar-refractivity contribution in [1.29, 1.82) is 0 Å². The van der Waals surface area contributed by atoms with Crippen LogP contribution in [0.2, 0.25) is 0 Å². The first-order chi connectivity index (χ1) is 13.4. The Labute approximate surface area is 166 Å². The fourth-order valence-electron chi connectivity index (χ4n) is 2.43. The van der Waals surface area contributed by atoms with E-state index in [-0.39, 0.29) is 29.0 Å². The van der Waals surface area contributed by atoms with Crippen LogP contribution in [0.5, 0.6) is 11.5 Å². The number of carbonyl (C=O) groups is 3. The number of rotatable bonds is 7. The summed E-state index contributed by atoms with van der Waals surface area (Å²) in [6.45, 7) is 3.41. The monoisotopic (exact) mass is 407 g/mol. The van der Waals surface area contributed by atoms with Gasteiger partial charge in [0.2, 0.25) is 5.91 Å². The number of carbonyl (C=O) groups excluding carboxylic acids is 3. The molecule has 0 aromatic heterocycles. The van der Waals surface area contributed by atoms with Crippen molar-refractivity contribution in [3.8, 4) is 11.5 Å². The summed E-state index contributed by atoms with van der Waals surface area (Å²) in [4.78, 5) is 43.7. The zero-order chi connectivity index (χ0) is 20.7. The molecule has 0 bridgehead atoms. The van der Waals surface area contributed by atoms with E-state index in [0.29, 0.717) is 17.2 Å². The number of urea groups is 1. The maximum Gasteiger partial charge on any atom is 0.367 e. The number of anilines is 1. The fourth-order valence-corrected chi connectivity index (χ4v) is 3.36. The van der Waals surface area contributed by atoms with Gasteiger partial charge in [-0.2, -0.15) is 9.98 Å². The predicted molar refractivity (Wildman–Crippen MR) is 107 cm³/mol. The Morgan fingerprint density at radius 2 is 1.96 bits per heavy atom. The molecule has 1 aromatic carbocycles. The van der Waals surface area contributed by atoms with Gasteiger partial charge in [0.05, 0.1) is 37.3 Å². The van der Waals surface area contributed by atoms with Gasteiger partial charge in [-0.3, -0.25) is 9.59 Å². The van der Waals surface area contributed by atoms with Gasteiger partial charge >= 0.3 is 12.0 Å². The molecule has 1 unspecified atom stereocenters. The lowest BCUT2D eigenvalue weighted by molar-refractivity contribution is -0.143. The number of hydrogen-bond acceptors (Lipinski definition) is 7. The Kier molecular flexibility index (Phi) is 7.56. The van der Waals surface area contributed by atoms with E-state index in [9.17, 15) is 14.4 Å². The lowest BCUT2D eigenvalue weighted by atomic mass is 10.1. The van der Waals surface area contributed by atoms with Crippen molar-refractivity contribution in [1.82, 2.24) is 0 Å². The van der Waals surface area contributed by atoms with Gasteiger partial charge in [-0.05, 0) is 26.0 Å². The van der Waals surface area contributed by atoms with Crippen molar-refractivity contribution in [2.24, 2.45) is 15.9 Å². The minimum absolute atomic E-state index is 0.0737. The number of hydrogen-bond donors (Lipinski definition) is 1. The molecule has 1 atom stereocenters. The summed E-state index contributed by atoms with van der Waals surface area (Å²) in [5.41, 5.74) is 0.726. The smallest absolute Gasteiger partial charge is 0.367 e. The summed E-state index contributed by atoms with van der Waals surface area (Å²) >= 11 is 0.981. The van der Waals surface area contributed by atoms with E-state index in [1.807, 2.05) is 0 Å². The molecule has 1 aliphatic rings. The first kappa shape index (κ1) is 21.4. The summed E-state index contributed by atoms with van der Waals surface area (Å²) in [7, 11) is 3.00. The van der Waals surface area contributed by atoms with Crippen LogP contribution in [0.25, 0.3) is 0 Å². The van der Waals surface area contributed by atoms with Crippen LogP contribution in [-0.2, 0) is 14.3 Å². The first-order valence-electron chi connectivity index (χ1n) is 8.38. The molecule has 0 saturated carbocycles. The number of nitrogens with one attached hydrogen (secondary N) is 1. The van der Waals surface area contributed by atoms with Crippen LogP contribution in [0.15, 0.2) is 28.2 Å². The molecule has 150 valence electrons. The molecule has 0 fully saturated rings. The van der Waals surface area contributed by atoms with Crippen LogP contribution in [0.1, 0.15) is 13.8 Å². The third kappa shape index (κ3) is 5.32. The van der Waals surface area contributed by atoms with E-state index in [1.165, 1.54) is 14.2 Å². The number of aliphatic imine (C=N–C) groups is 2. The lowest BCUT2D eigenvalue weighted by Crippen LogP contribution is -2.34. The van der Waals surface area contributed by atoms with E-state index >= 15 is 0 Å². The normalized spacial score (nSPS) is 16.0. The Balaban J connectivity index is 2.08. The van der Waals surface area contributed by atoms with Gasteiger partial charge < -0.3 is 19.5 Å². The number of thioether (sulfide) groups is 1. The van der Waals surface area contributed by atoms with Crippen LogP contribution < -0.4 is 14.8 Å². The molecule has 0 saturated heterocycles. The predicted octanol–water partition coefficient (Wildman–Crippen LogP) is 2.55. The standard InChI is InChI=1S/C18H21N3O6S/c1-5-27-17(23)15-10(2)19-18(24)21-16(15)28-9-14(22)20-12-8-11(25-3)6-7-13(12)26-4/h6-8,15H,5,9H2,1-4H3,(H,20,22). The Morgan fingerprint density at radius 1 is 1.21 bits per heavy atom.